The zero-order chi connectivity index (χ0) is 60.6. The standard InChI is InChI=1S/C57H79ClN8O16/c1-32(2)48(63-45(68)19-12-11-13-25-67)51(71)62-39(17-15-24-60-53(59)73)50(70)61-38-22-20-36(21-23-38)31-79-55(75)65(7)35(5)52(72)81-44-29-46(69)66(8)40-27-37(28-41(77-9)47(40)58)26-33(3)16-14-18-43(78-10)57(76)30-42(80-54(74)64-57)34(4)49-56(44,6)82-49/h14,16,18,20-23,25,27-28,32,34-35,39,42-44,48-49,76H,11-13,15,17,19,24,26,29-31H2,1-10H3,(H,61,70)(H,62,71)(H,63,68)(H,64,74)(H3,59,60,73)/b18-14+,33-16+/t34-,35+,39?,42+,43-,44+,48?,49+,56+,57+/m1/s1. The minimum Gasteiger partial charge on any atom is -0.495 e. The Bertz CT molecular complexity index is 2710. The smallest absolute Gasteiger partial charge is 0.410 e. The summed E-state index contributed by atoms with van der Waals surface area (Å²) in [4.78, 5) is 119. The zero-order valence-electron chi connectivity index (χ0n) is 48.2. The number of carbonyl (C=O) groups excluding carboxylic acids is 9. The van der Waals surface area contributed by atoms with Crippen LogP contribution in [0.15, 0.2) is 60.2 Å². The van der Waals surface area contributed by atoms with Crippen LogP contribution in [-0.2, 0) is 65.5 Å². The van der Waals surface area contributed by atoms with Gasteiger partial charge in [-0.3, -0.25) is 29.4 Å². The SMILES string of the molecule is COc1cc2cc(c1Cl)N(C)C(=O)C[C@H](OC(=O)[C@H](C)N(C)C(=O)OCc1ccc(NC(=O)C(CCCNC(N)=O)NC(=O)C(NC(=O)CCCCC=O)C(C)C)cc1)[C@]1(C)O[C@H]1[C@H](C)[C@@H]1C[C@@](O)(NC(=O)O1)[C@H](OC)/C=C/C=C(\C)C2. The Morgan fingerprint density at radius 3 is 2.39 bits per heavy atom. The fraction of sp³-hybridized carbons (Fsp3) is 0.561. The maximum absolute atomic E-state index is 14.4. The Kier molecular flexibility index (Phi) is 23.7. The van der Waals surface area contributed by atoms with Crippen LogP contribution in [0.25, 0.3) is 0 Å². The maximum atomic E-state index is 14.4. The lowest BCUT2D eigenvalue weighted by Crippen LogP contribution is -2.63. The zero-order valence-corrected chi connectivity index (χ0v) is 48.9. The molecule has 2 saturated heterocycles. The second kappa shape index (κ2) is 29.6. The first-order valence-electron chi connectivity index (χ1n) is 27.2. The van der Waals surface area contributed by atoms with Crippen molar-refractivity contribution in [2.75, 3.05) is 45.1 Å². The van der Waals surface area contributed by atoms with Gasteiger partial charge >= 0.3 is 24.2 Å². The number of epoxide rings is 1. The summed E-state index contributed by atoms with van der Waals surface area (Å²) in [5.74, 6) is -3.66. The average Bonchev–Trinajstić information content (AvgIpc) is 2.48. The minimum atomic E-state index is -1.91. The van der Waals surface area contributed by atoms with E-state index in [1.165, 1.54) is 40.1 Å². The van der Waals surface area contributed by atoms with Gasteiger partial charge in [0.15, 0.2) is 5.72 Å². The van der Waals surface area contributed by atoms with E-state index >= 15 is 0 Å². The van der Waals surface area contributed by atoms with Gasteiger partial charge in [-0.25, -0.2) is 19.2 Å². The third kappa shape index (κ3) is 17.6. The van der Waals surface area contributed by atoms with Crippen LogP contribution >= 0.6 is 11.6 Å². The normalized spacial score (nSPS) is 24.7. The summed E-state index contributed by atoms with van der Waals surface area (Å²) in [6.07, 6.45) is 1.73. The van der Waals surface area contributed by atoms with Crippen LogP contribution in [0.2, 0.25) is 5.02 Å². The quantitative estimate of drug-likeness (QED) is 0.0265. The van der Waals surface area contributed by atoms with Crippen LogP contribution in [-0.4, -0.2) is 153 Å². The van der Waals surface area contributed by atoms with E-state index < -0.39 is 108 Å². The van der Waals surface area contributed by atoms with E-state index in [2.05, 4.69) is 26.6 Å². The monoisotopic (exact) mass is 1170 g/mol. The first-order valence-corrected chi connectivity index (χ1v) is 27.6. The number of methoxy groups -OCH3 is 2. The van der Waals surface area contributed by atoms with Crippen LogP contribution in [0, 0.1) is 11.8 Å². The highest BCUT2D eigenvalue weighted by molar-refractivity contribution is 6.35. The van der Waals surface area contributed by atoms with Crippen molar-refractivity contribution in [3.8, 4) is 5.75 Å². The molecule has 3 aliphatic rings. The van der Waals surface area contributed by atoms with Gasteiger partial charge in [-0.05, 0) is 94.2 Å². The number of nitrogens with two attached hydrogens (primary N) is 1. The van der Waals surface area contributed by atoms with Crippen LogP contribution < -0.4 is 42.0 Å². The van der Waals surface area contributed by atoms with Crippen LogP contribution in [0.5, 0.6) is 5.75 Å². The molecule has 10 atom stereocenters. The molecule has 2 aromatic carbocycles. The average molecular weight is 1170 g/mol. The fourth-order valence-corrected chi connectivity index (χ4v) is 9.98. The number of hydrogen-bond acceptors (Lipinski definition) is 16. The van der Waals surface area contributed by atoms with Gasteiger partial charge in [0.2, 0.25) is 23.6 Å². The number of halogens is 1. The molecule has 24 nitrogen and oxygen atoms in total. The molecule has 82 heavy (non-hydrogen) atoms. The molecule has 0 saturated carbocycles. The first kappa shape index (κ1) is 65.5. The number of aldehydes is 1. The summed E-state index contributed by atoms with van der Waals surface area (Å²) in [6.45, 7) is 10.1. The summed E-state index contributed by atoms with van der Waals surface area (Å²) in [5, 5.41) is 25.2. The predicted molar refractivity (Wildman–Crippen MR) is 301 cm³/mol. The molecule has 4 bridgehead atoms. The van der Waals surface area contributed by atoms with Gasteiger partial charge in [-0.15, -0.1) is 0 Å². The topological polar surface area (TPSA) is 325 Å². The first-order chi connectivity index (χ1) is 38.7. The number of fused-ring (bicyclic) bond motifs is 5. The summed E-state index contributed by atoms with van der Waals surface area (Å²) in [7, 11) is 5.71. The van der Waals surface area contributed by atoms with E-state index in [0.29, 0.717) is 48.4 Å². The number of urea groups is 1. The molecule has 0 aliphatic carbocycles. The molecule has 8 amide bonds. The number of carbonyl (C=O) groups is 9. The van der Waals surface area contributed by atoms with Crippen LogP contribution in [0.1, 0.15) is 104 Å². The molecule has 25 heteroatoms. The third-order valence-corrected chi connectivity index (χ3v) is 15.2. The summed E-state index contributed by atoms with van der Waals surface area (Å²) in [6, 6.07) is 5.68. The number of likely N-dealkylation sites (N-methyl/N-ethyl adjacent to an activating group) is 1. The van der Waals surface area contributed by atoms with E-state index in [9.17, 15) is 48.3 Å². The van der Waals surface area contributed by atoms with Gasteiger partial charge in [-0.1, -0.05) is 68.3 Å². The van der Waals surface area contributed by atoms with Crippen LogP contribution in [0.3, 0.4) is 0 Å². The number of nitrogens with zero attached hydrogens (tertiary/aromatic N) is 2. The fourth-order valence-electron chi connectivity index (χ4n) is 9.66. The lowest BCUT2D eigenvalue weighted by atomic mass is 9.83. The second-order valence-corrected chi connectivity index (χ2v) is 21.8. The van der Waals surface area contributed by atoms with E-state index in [1.54, 1.807) is 76.2 Å². The Morgan fingerprint density at radius 2 is 1.74 bits per heavy atom. The highest BCUT2D eigenvalue weighted by Gasteiger charge is 2.64. The number of primary amides is 1. The highest BCUT2D eigenvalue weighted by atomic mass is 35.5. The van der Waals surface area contributed by atoms with Crippen molar-refractivity contribution in [3.05, 3.63) is 76.3 Å². The number of amides is 8. The third-order valence-electron chi connectivity index (χ3n) is 14.8. The van der Waals surface area contributed by atoms with Crippen molar-refractivity contribution in [1.29, 1.82) is 0 Å². The van der Waals surface area contributed by atoms with Gasteiger partial charge in [0.25, 0.3) is 0 Å². The molecular weight excluding hydrogens is 1090 g/mol. The van der Waals surface area contributed by atoms with Gasteiger partial charge in [0.1, 0.15) is 65.7 Å². The number of alkyl carbamates (subject to hydrolysis) is 1. The minimum absolute atomic E-state index is 0.0918. The number of benzene rings is 2. The molecule has 3 aliphatic heterocycles. The Labute approximate surface area is 482 Å². The second-order valence-electron chi connectivity index (χ2n) is 21.4. The number of allylic oxidation sites excluding steroid dienone is 3. The molecule has 3 heterocycles. The Hall–Kier alpha value is -7.28. The van der Waals surface area contributed by atoms with Crippen molar-refractivity contribution in [2.45, 2.75) is 160 Å². The molecule has 8 N–H and O–H groups in total. The van der Waals surface area contributed by atoms with Gasteiger partial charge in [-0.2, -0.15) is 0 Å². The van der Waals surface area contributed by atoms with E-state index in [1.807, 2.05) is 13.0 Å². The van der Waals surface area contributed by atoms with Crippen molar-refractivity contribution in [3.63, 3.8) is 0 Å². The molecule has 2 aromatic rings. The molecule has 450 valence electrons. The van der Waals surface area contributed by atoms with Crippen molar-refractivity contribution >= 4 is 77.1 Å². The lowest BCUT2D eigenvalue weighted by molar-refractivity contribution is -0.158. The molecule has 0 spiro atoms. The predicted octanol–water partition coefficient (Wildman–Crippen LogP) is 5.10. The van der Waals surface area contributed by atoms with Gasteiger partial charge in [0.05, 0.1) is 25.3 Å². The van der Waals surface area contributed by atoms with Gasteiger partial charge in [0, 0.05) is 58.6 Å². The number of hydrogen-bond donors (Lipinski definition) is 7. The summed E-state index contributed by atoms with van der Waals surface area (Å²) >= 11 is 6.82. The van der Waals surface area contributed by atoms with E-state index in [-0.39, 0.29) is 55.7 Å². The molecule has 0 aromatic heterocycles. The number of nitrogens with one attached hydrogen (secondary N) is 5. The number of esters is 1. The molecule has 0 radical (unpaired) electrons. The summed E-state index contributed by atoms with van der Waals surface area (Å²) < 4.78 is 35.0. The van der Waals surface area contributed by atoms with E-state index in [0.717, 1.165) is 22.3 Å². The largest absolute Gasteiger partial charge is 0.495 e. The lowest BCUT2D eigenvalue weighted by Gasteiger charge is -2.42. The number of ether oxygens (including phenoxy) is 6. The molecular formula is C57H79ClN8O16. The number of unbranched alkanes of at least 4 members (excludes halogenated alkanes) is 2. The molecule has 2 unspecified atom stereocenters. The number of anilines is 2. The van der Waals surface area contributed by atoms with Crippen molar-refractivity contribution in [1.82, 2.24) is 26.2 Å². The number of aliphatic hydroxyl groups is 1. The maximum Gasteiger partial charge on any atom is 0.410 e. The van der Waals surface area contributed by atoms with Crippen molar-refractivity contribution in [2.24, 2.45) is 17.6 Å². The van der Waals surface area contributed by atoms with Crippen LogP contribution in [0.4, 0.5) is 25.8 Å². The highest BCUT2D eigenvalue weighted by Crippen LogP contribution is 2.49. The molecule has 2 fully saturated rings. The van der Waals surface area contributed by atoms with Crippen molar-refractivity contribution < 1.29 is 76.7 Å². The Morgan fingerprint density at radius 1 is 1.04 bits per heavy atom. The number of rotatable bonds is 22. The summed E-state index contributed by atoms with van der Waals surface area (Å²) in [5.41, 5.74) is 4.71. The van der Waals surface area contributed by atoms with E-state index in [4.69, 9.17) is 45.8 Å². The Balaban J connectivity index is 1.28. The van der Waals surface area contributed by atoms with Gasteiger partial charge < -0.3 is 70.2 Å². The molecule has 5 rings (SSSR count).